The second-order valence-electron chi connectivity index (χ2n) is 4.25. The number of aromatic hydroxyl groups is 1. The lowest BCUT2D eigenvalue weighted by atomic mass is 9.95. The maximum Gasteiger partial charge on any atom is 0.229 e. The average molecular weight is 193 g/mol. The van der Waals surface area contributed by atoms with Crippen LogP contribution in [-0.2, 0) is 4.79 Å². The number of nitrogens with one attached hydrogen (secondary N) is 1. The summed E-state index contributed by atoms with van der Waals surface area (Å²) < 4.78 is 0. The smallest absolute Gasteiger partial charge is 0.229 e. The second-order valence-corrected chi connectivity index (χ2v) is 4.25. The standard InChI is InChI=1S/C11H15NO2/c1-11(2,3)10(14)12-8-4-6-9(13)7-5-8/h4-7,13H,1-3H3,(H,12,14). The minimum atomic E-state index is -0.405. The summed E-state index contributed by atoms with van der Waals surface area (Å²) >= 11 is 0. The number of amides is 1. The van der Waals surface area contributed by atoms with Gasteiger partial charge in [-0.3, -0.25) is 4.79 Å². The van der Waals surface area contributed by atoms with E-state index in [1.165, 1.54) is 12.1 Å². The fourth-order valence-corrected chi connectivity index (χ4v) is 0.863. The molecular weight excluding hydrogens is 178 g/mol. The second kappa shape index (κ2) is 3.70. The molecule has 0 spiro atoms. The first kappa shape index (κ1) is 10.6. The highest BCUT2D eigenvalue weighted by Gasteiger charge is 2.20. The van der Waals surface area contributed by atoms with E-state index in [0.717, 1.165) is 0 Å². The van der Waals surface area contributed by atoms with Crippen molar-refractivity contribution in [1.29, 1.82) is 0 Å². The number of hydrogen-bond donors (Lipinski definition) is 2. The molecule has 0 saturated heterocycles. The van der Waals surface area contributed by atoms with Crippen molar-refractivity contribution in [3.05, 3.63) is 24.3 Å². The molecule has 1 amide bonds. The van der Waals surface area contributed by atoms with Gasteiger partial charge in [-0.05, 0) is 24.3 Å². The Morgan fingerprint density at radius 3 is 2.14 bits per heavy atom. The Morgan fingerprint density at radius 2 is 1.71 bits per heavy atom. The van der Waals surface area contributed by atoms with Gasteiger partial charge in [0.2, 0.25) is 5.91 Å². The number of phenols is 1. The highest BCUT2D eigenvalue weighted by molar-refractivity contribution is 5.94. The summed E-state index contributed by atoms with van der Waals surface area (Å²) in [5, 5.41) is 11.8. The predicted octanol–water partition coefficient (Wildman–Crippen LogP) is 2.38. The number of carbonyl (C=O) groups excluding carboxylic acids is 1. The fourth-order valence-electron chi connectivity index (χ4n) is 0.863. The molecule has 0 aromatic heterocycles. The van der Waals surface area contributed by atoms with Crippen LogP contribution in [-0.4, -0.2) is 11.0 Å². The van der Waals surface area contributed by atoms with Gasteiger partial charge in [0.1, 0.15) is 5.75 Å². The van der Waals surface area contributed by atoms with E-state index in [4.69, 9.17) is 5.11 Å². The summed E-state index contributed by atoms with van der Waals surface area (Å²) in [6.45, 7) is 5.55. The number of phenolic OH excluding ortho intramolecular Hbond substituents is 1. The van der Waals surface area contributed by atoms with Gasteiger partial charge in [0, 0.05) is 11.1 Å². The van der Waals surface area contributed by atoms with Crippen molar-refractivity contribution in [3.8, 4) is 5.75 Å². The summed E-state index contributed by atoms with van der Waals surface area (Å²) in [5.74, 6) is 0.155. The minimum Gasteiger partial charge on any atom is -0.508 e. The largest absolute Gasteiger partial charge is 0.508 e. The summed E-state index contributed by atoms with van der Waals surface area (Å²) in [7, 11) is 0. The van der Waals surface area contributed by atoms with Gasteiger partial charge in [0.15, 0.2) is 0 Å². The van der Waals surface area contributed by atoms with Gasteiger partial charge in [-0.1, -0.05) is 20.8 Å². The maximum atomic E-state index is 11.5. The molecule has 0 unspecified atom stereocenters. The summed E-state index contributed by atoms with van der Waals surface area (Å²) in [6, 6.07) is 6.41. The van der Waals surface area contributed by atoms with Crippen LogP contribution in [0.4, 0.5) is 5.69 Å². The number of benzene rings is 1. The molecule has 3 nitrogen and oxygen atoms in total. The highest BCUT2D eigenvalue weighted by Crippen LogP contribution is 2.18. The normalized spacial score (nSPS) is 11.1. The van der Waals surface area contributed by atoms with Gasteiger partial charge < -0.3 is 10.4 Å². The van der Waals surface area contributed by atoms with Crippen molar-refractivity contribution >= 4 is 11.6 Å². The van der Waals surface area contributed by atoms with Crippen LogP contribution in [0.15, 0.2) is 24.3 Å². The van der Waals surface area contributed by atoms with Gasteiger partial charge >= 0.3 is 0 Å². The molecule has 0 saturated carbocycles. The Hall–Kier alpha value is -1.51. The number of rotatable bonds is 1. The minimum absolute atomic E-state index is 0.0387. The van der Waals surface area contributed by atoms with E-state index in [9.17, 15) is 4.79 Å². The third-order valence-corrected chi connectivity index (χ3v) is 1.81. The zero-order valence-corrected chi connectivity index (χ0v) is 8.66. The van der Waals surface area contributed by atoms with Gasteiger partial charge in [0.25, 0.3) is 0 Å². The predicted molar refractivity (Wildman–Crippen MR) is 56.2 cm³/mol. The molecule has 0 fully saturated rings. The Labute approximate surface area is 83.8 Å². The van der Waals surface area contributed by atoms with E-state index in [0.29, 0.717) is 5.69 Å². The van der Waals surface area contributed by atoms with Crippen LogP contribution in [0.5, 0.6) is 5.75 Å². The third kappa shape index (κ3) is 2.76. The van der Waals surface area contributed by atoms with E-state index in [1.807, 2.05) is 20.8 Å². The van der Waals surface area contributed by atoms with Crippen LogP contribution in [0.25, 0.3) is 0 Å². The van der Waals surface area contributed by atoms with Crippen molar-refractivity contribution in [1.82, 2.24) is 0 Å². The van der Waals surface area contributed by atoms with Gasteiger partial charge in [-0.15, -0.1) is 0 Å². The van der Waals surface area contributed by atoms with Crippen molar-refractivity contribution in [3.63, 3.8) is 0 Å². The molecule has 3 heteroatoms. The molecule has 1 rings (SSSR count). The molecule has 0 radical (unpaired) electrons. The number of hydrogen-bond acceptors (Lipinski definition) is 2. The van der Waals surface area contributed by atoms with Crippen LogP contribution >= 0.6 is 0 Å². The van der Waals surface area contributed by atoms with Gasteiger partial charge in [-0.2, -0.15) is 0 Å². The molecule has 0 bridgehead atoms. The zero-order valence-electron chi connectivity index (χ0n) is 8.66. The third-order valence-electron chi connectivity index (χ3n) is 1.81. The van der Waals surface area contributed by atoms with E-state index in [2.05, 4.69) is 5.32 Å². The first-order valence-corrected chi connectivity index (χ1v) is 4.50. The lowest BCUT2D eigenvalue weighted by molar-refractivity contribution is -0.123. The zero-order chi connectivity index (χ0) is 10.8. The summed E-state index contributed by atoms with van der Waals surface area (Å²) in [6.07, 6.45) is 0. The Morgan fingerprint density at radius 1 is 1.21 bits per heavy atom. The molecule has 0 aliphatic carbocycles. The van der Waals surface area contributed by atoms with Crippen LogP contribution in [0.2, 0.25) is 0 Å². The quantitative estimate of drug-likeness (QED) is 0.673. The van der Waals surface area contributed by atoms with Crippen molar-refractivity contribution in [2.45, 2.75) is 20.8 Å². The van der Waals surface area contributed by atoms with E-state index < -0.39 is 5.41 Å². The fraction of sp³-hybridized carbons (Fsp3) is 0.364. The molecular formula is C11H15NO2. The molecule has 1 aromatic carbocycles. The lowest BCUT2D eigenvalue weighted by Crippen LogP contribution is -2.27. The van der Waals surface area contributed by atoms with Crippen LogP contribution in [0.1, 0.15) is 20.8 Å². The molecule has 76 valence electrons. The Bertz CT molecular complexity index is 322. The Balaban J connectivity index is 2.71. The molecule has 14 heavy (non-hydrogen) atoms. The first-order valence-electron chi connectivity index (χ1n) is 4.50. The van der Waals surface area contributed by atoms with Crippen molar-refractivity contribution in [2.75, 3.05) is 5.32 Å². The van der Waals surface area contributed by atoms with Crippen molar-refractivity contribution < 1.29 is 9.90 Å². The molecule has 2 N–H and O–H groups in total. The Kier molecular flexibility index (Phi) is 2.79. The molecule has 0 aliphatic rings. The molecule has 1 aromatic rings. The molecule has 0 aliphatic heterocycles. The van der Waals surface area contributed by atoms with Crippen molar-refractivity contribution in [2.24, 2.45) is 5.41 Å². The maximum absolute atomic E-state index is 11.5. The van der Waals surface area contributed by atoms with Crippen LogP contribution in [0.3, 0.4) is 0 Å². The number of carbonyl (C=O) groups is 1. The average Bonchev–Trinajstić information content (AvgIpc) is 2.07. The van der Waals surface area contributed by atoms with Crippen LogP contribution in [0, 0.1) is 5.41 Å². The summed E-state index contributed by atoms with van der Waals surface area (Å²) in [5.41, 5.74) is 0.292. The van der Waals surface area contributed by atoms with Crippen LogP contribution < -0.4 is 5.32 Å². The number of anilines is 1. The molecule has 0 heterocycles. The van der Waals surface area contributed by atoms with Gasteiger partial charge in [-0.25, -0.2) is 0 Å². The van der Waals surface area contributed by atoms with E-state index in [-0.39, 0.29) is 11.7 Å². The summed E-state index contributed by atoms with van der Waals surface area (Å²) in [4.78, 5) is 11.5. The topological polar surface area (TPSA) is 49.3 Å². The first-order chi connectivity index (χ1) is 6.39. The molecule has 0 atom stereocenters. The monoisotopic (exact) mass is 193 g/mol. The lowest BCUT2D eigenvalue weighted by Gasteiger charge is -2.17. The van der Waals surface area contributed by atoms with E-state index in [1.54, 1.807) is 12.1 Å². The SMILES string of the molecule is CC(C)(C)C(=O)Nc1ccc(O)cc1. The van der Waals surface area contributed by atoms with Gasteiger partial charge in [0.05, 0.1) is 0 Å². The van der Waals surface area contributed by atoms with E-state index >= 15 is 0 Å². The highest BCUT2D eigenvalue weighted by atomic mass is 16.3.